The maximum absolute atomic E-state index is 13.6. The molecule has 4 nitrogen and oxygen atoms in total. The normalized spacial score (nSPS) is 11.8. The van der Waals surface area contributed by atoms with Crippen LogP contribution in [0.4, 0.5) is 0 Å². The Morgan fingerprint density at radius 1 is 0.480 bits per heavy atom. The molecule has 0 saturated carbocycles. The summed E-state index contributed by atoms with van der Waals surface area (Å²) in [4.78, 5) is 0.493. The highest BCUT2D eigenvalue weighted by atomic mass is 32.2. The molecule has 0 aliphatic carbocycles. The van der Waals surface area contributed by atoms with Crippen LogP contribution < -0.4 is 0 Å². The third-order valence-corrected chi connectivity index (χ3v) is 7.87. The minimum Gasteiger partial charge on any atom is -0.507 e. The lowest BCUT2D eigenvalue weighted by molar-refractivity contribution is 0.464. The quantitative estimate of drug-likeness (QED) is 0.830. The first-order chi connectivity index (χ1) is 11.4. The van der Waals surface area contributed by atoms with Crippen molar-refractivity contribution >= 4 is 9.84 Å². The molecule has 0 heterocycles. The second-order valence-corrected chi connectivity index (χ2v) is 8.68. The van der Waals surface area contributed by atoms with E-state index < -0.39 is 9.84 Å². The summed E-state index contributed by atoms with van der Waals surface area (Å²) < 4.78 is 27.2. The van der Waals surface area contributed by atoms with E-state index in [9.17, 15) is 18.6 Å². The molecule has 0 amide bonds. The molecule has 0 aromatic heterocycles. The largest absolute Gasteiger partial charge is 0.507 e. The van der Waals surface area contributed by atoms with Crippen molar-refractivity contribution in [1.82, 2.24) is 0 Å². The van der Waals surface area contributed by atoms with Gasteiger partial charge in [0.25, 0.3) is 0 Å². The lowest BCUT2D eigenvalue weighted by Crippen LogP contribution is -2.13. The minimum absolute atomic E-state index is 0.139. The highest BCUT2D eigenvalue weighted by Gasteiger charge is 2.31. The van der Waals surface area contributed by atoms with Crippen LogP contribution in [0.15, 0.2) is 9.79 Å². The van der Waals surface area contributed by atoms with Crippen molar-refractivity contribution in [2.75, 3.05) is 0 Å². The molecule has 0 fully saturated rings. The molecule has 0 bridgehead atoms. The van der Waals surface area contributed by atoms with Crippen molar-refractivity contribution < 1.29 is 18.6 Å². The van der Waals surface area contributed by atoms with E-state index in [1.165, 1.54) is 0 Å². The molecule has 0 atom stereocenters. The third-order valence-electron chi connectivity index (χ3n) is 5.57. The lowest BCUT2D eigenvalue weighted by atomic mass is 9.99. The van der Waals surface area contributed by atoms with Crippen molar-refractivity contribution in [2.24, 2.45) is 0 Å². The van der Waals surface area contributed by atoms with E-state index in [-0.39, 0.29) is 21.3 Å². The second-order valence-electron chi connectivity index (χ2n) is 6.86. The SMILES string of the molecule is Cc1c(C)c(S(=O)(=O)c2c(C)c(C)c(O)c(C)c2C)c(C)c(C)c1O. The number of benzene rings is 2. The van der Waals surface area contributed by atoms with Gasteiger partial charge in [-0.2, -0.15) is 0 Å². The summed E-state index contributed by atoms with van der Waals surface area (Å²) in [5, 5.41) is 20.5. The summed E-state index contributed by atoms with van der Waals surface area (Å²) in [5.74, 6) is 0.279. The summed E-state index contributed by atoms with van der Waals surface area (Å²) in [7, 11) is -3.81. The number of hydrogen-bond donors (Lipinski definition) is 2. The molecule has 0 spiro atoms. The molecule has 2 aromatic rings. The number of phenolic OH excluding ortho intramolecular Hbond substituents is 2. The Labute approximate surface area is 150 Å². The first kappa shape index (κ1) is 19.3. The average molecular weight is 362 g/mol. The van der Waals surface area contributed by atoms with Gasteiger partial charge in [0.15, 0.2) is 0 Å². The molecular weight excluding hydrogens is 336 g/mol. The van der Waals surface area contributed by atoms with Gasteiger partial charge >= 0.3 is 0 Å². The Bertz CT molecular complexity index is 866. The van der Waals surface area contributed by atoms with Crippen LogP contribution in [0.5, 0.6) is 11.5 Å². The summed E-state index contributed by atoms with van der Waals surface area (Å²) in [5.41, 5.74) is 4.53. The second kappa shape index (κ2) is 6.06. The number of sulfone groups is 1. The Hall–Kier alpha value is -2.01. The molecule has 5 heteroatoms. The van der Waals surface area contributed by atoms with Crippen molar-refractivity contribution in [3.8, 4) is 11.5 Å². The molecular formula is C20H26O4S. The van der Waals surface area contributed by atoms with Gasteiger partial charge in [-0.25, -0.2) is 8.42 Å². The minimum atomic E-state index is -3.81. The van der Waals surface area contributed by atoms with Crippen LogP contribution in [-0.4, -0.2) is 18.6 Å². The van der Waals surface area contributed by atoms with Crippen molar-refractivity contribution in [2.45, 2.75) is 65.2 Å². The average Bonchev–Trinajstić information content (AvgIpc) is 2.54. The van der Waals surface area contributed by atoms with E-state index in [4.69, 9.17) is 0 Å². The van der Waals surface area contributed by atoms with Crippen molar-refractivity contribution in [3.05, 3.63) is 44.5 Å². The van der Waals surface area contributed by atoms with E-state index in [0.29, 0.717) is 44.5 Å². The van der Waals surface area contributed by atoms with Gasteiger partial charge in [0.05, 0.1) is 9.79 Å². The molecule has 0 saturated heterocycles. The molecule has 2 N–H and O–H groups in total. The van der Waals surface area contributed by atoms with Crippen LogP contribution in [0.1, 0.15) is 44.5 Å². The van der Waals surface area contributed by atoms with Crippen LogP contribution in [-0.2, 0) is 9.84 Å². The number of rotatable bonds is 2. The topological polar surface area (TPSA) is 74.6 Å². The van der Waals surface area contributed by atoms with Gasteiger partial charge in [-0.3, -0.25) is 0 Å². The Kier molecular flexibility index (Phi) is 4.68. The molecule has 0 aliphatic heterocycles. The van der Waals surface area contributed by atoms with Gasteiger partial charge in [-0.1, -0.05) is 0 Å². The Morgan fingerprint density at radius 3 is 0.880 bits per heavy atom. The van der Waals surface area contributed by atoms with Crippen LogP contribution in [0.2, 0.25) is 0 Å². The summed E-state index contributed by atoms with van der Waals surface area (Å²) in [6.07, 6.45) is 0. The van der Waals surface area contributed by atoms with Gasteiger partial charge in [0, 0.05) is 0 Å². The van der Waals surface area contributed by atoms with Crippen molar-refractivity contribution in [3.63, 3.8) is 0 Å². The number of phenols is 2. The Balaban J connectivity index is 3.02. The van der Waals surface area contributed by atoms with E-state index in [1.807, 2.05) is 0 Å². The third kappa shape index (κ3) is 2.61. The van der Waals surface area contributed by atoms with E-state index in [0.717, 1.165) is 0 Å². The van der Waals surface area contributed by atoms with Crippen LogP contribution >= 0.6 is 0 Å². The highest BCUT2D eigenvalue weighted by Crippen LogP contribution is 2.41. The van der Waals surface area contributed by atoms with E-state index >= 15 is 0 Å². The molecule has 0 aliphatic rings. The zero-order valence-electron chi connectivity index (χ0n) is 16.1. The van der Waals surface area contributed by atoms with E-state index in [2.05, 4.69) is 0 Å². The predicted octanol–water partition coefficient (Wildman–Crippen LogP) is 4.40. The predicted molar refractivity (Wildman–Crippen MR) is 99.6 cm³/mol. The van der Waals surface area contributed by atoms with Crippen LogP contribution in [0.3, 0.4) is 0 Å². The number of aromatic hydroxyl groups is 2. The first-order valence-electron chi connectivity index (χ1n) is 8.19. The van der Waals surface area contributed by atoms with Gasteiger partial charge in [0.2, 0.25) is 9.84 Å². The fourth-order valence-electron chi connectivity index (χ4n) is 3.42. The molecule has 2 aromatic carbocycles. The summed E-state index contributed by atoms with van der Waals surface area (Å²) in [6, 6.07) is 0. The van der Waals surface area contributed by atoms with Gasteiger partial charge in [-0.15, -0.1) is 0 Å². The summed E-state index contributed by atoms with van der Waals surface area (Å²) in [6.45, 7) is 13.8. The molecule has 136 valence electrons. The molecule has 2 rings (SSSR count). The van der Waals surface area contributed by atoms with Gasteiger partial charge in [-0.05, 0) is 99.9 Å². The first-order valence-corrected chi connectivity index (χ1v) is 9.67. The Morgan fingerprint density at radius 2 is 0.680 bits per heavy atom. The van der Waals surface area contributed by atoms with Gasteiger partial charge in [0.1, 0.15) is 11.5 Å². The zero-order valence-corrected chi connectivity index (χ0v) is 16.9. The zero-order chi connectivity index (χ0) is 19.4. The van der Waals surface area contributed by atoms with Crippen LogP contribution in [0, 0.1) is 55.4 Å². The standard InChI is InChI=1S/C20H26O4S/c1-9-13(5)19(14(6)10(2)17(9)21)25(23,24)20-15(7)11(3)18(22)12(4)16(20)8/h21-22H,1-8H3. The van der Waals surface area contributed by atoms with Gasteiger partial charge < -0.3 is 10.2 Å². The molecule has 0 unspecified atom stereocenters. The van der Waals surface area contributed by atoms with E-state index in [1.54, 1.807) is 55.4 Å². The monoisotopic (exact) mass is 362 g/mol. The summed E-state index contributed by atoms with van der Waals surface area (Å²) >= 11 is 0. The molecule has 0 radical (unpaired) electrons. The number of hydrogen-bond acceptors (Lipinski definition) is 4. The fraction of sp³-hybridized carbons (Fsp3) is 0.400. The maximum atomic E-state index is 13.6. The van der Waals surface area contributed by atoms with Crippen LogP contribution in [0.25, 0.3) is 0 Å². The lowest BCUT2D eigenvalue weighted by Gasteiger charge is -2.22. The maximum Gasteiger partial charge on any atom is 0.207 e. The fourth-order valence-corrected chi connectivity index (χ4v) is 5.85. The van der Waals surface area contributed by atoms with Crippen molar-refractivity contribution in [1.29, 1.82) is 0 Å². The smallest absolute Gasteiger partial charge is 0.207 e. The molecule has 25 heavy (non-hydrogen) atoms. The highest BCUT2D eigenvalue weighted by molar-refractivity contribution is 7.91.